The van der Waals surface area contributed by atoms with Crippen molar-refractivity contribution in [1.82, 2.24) is 14.9 Å². The lowest BCUT2D eigenvalue weighted by Gasteiger charge is -2.22. The van der Waals surface area contributed by atoms with E-state index in [4.69, 9.17) is 11.6 Å². The van der Waals surface area contributed by atoms with Crippen molar-refractivity contribution >= 4 is 29.3 Å². The van der Waals surface area contributed by atoms with Crippen LogP contribution in [-0.2, 0) is 0 Å². The van der Waals surface area contributed by atoms with Crippen molar-refractivity contribution in [2.75, 3.05) is 36.4 Å². The smallest absolute Gasteiger partial charge is 0.321 e. The fourth-order valence-corrected chi connectivity index (χ4v) is 2.73. The summed E-state index contributed by atoms with van der Waals surface area (Å²) in [7, 11) is 0. The van der Waals surface area contributed by atoms with Gasteiger partial charge >= 0.3 is 6.03 Å². The Bertz CT molecular complexity index is 667. The summed E-state index contributed by atoms with van der Waals surface area (Å²) < 4.78 is 0. The molecule has 2 aromatic rings. The maximum absolute atomic E-state index is 12.4. The molecule has 7 heteroatoms. The minimum atomic E-state index is -0.108. The third-order valence-electron chi connectivity index (χ3n) is 3.69. The molecule has 1 aromatic heterocycles. The molecule has 1 N–H and O–H groups in total. The van der Waals surface area contributed by atoms with Crippen molar-refractivity contribution in [1.29, 1.82) is 0 Å². The van der Waals surface area contributed by atoms with E-state index in [-0.39, 0.29) is 6.03 Å². The number of urea groups is 1. The van der Waals surface area contributed by atoms with E-state index in [1.807, 2.05) is 17.0 Å². The first-order valence-corrected chi connectivity index (χ1v) is 7.93. The molecule has 2 amide bonds. The first-order valence-electron chi connectivity index (χ1n) is 7.56. The molecule has 1 aliphatic heterocycles. The number of carbonyl (C=O) groups excluding carboxylic acids is 1. The molecule has 6 nitrogen and oxygen atoms in total. The highest BCUT2D eigenvalue weighted by Crippen LogP contribution is 2.16. The normalized spacial score (nSPS) is 15.2. The van der Waals surface area contributed by atoms with Crippen molar-refractivity contribution in [3.8, 4) is 0 Å². The van der Waals surface area contributed by atoms with Crippen LogP contribution in [0.2, 0.25) is 5.02 Å². The van der Waals surface area contributed by atoms with Gasteiger partial charge in [0, 0.05) is 49.3 Å². The van der Waals surface area contributed by atoms with Gasteiger partial charge in [0.05, 0.1) is 0 Å². The molecule has 0 bridgehead atoms. The van der Waals surface area contributed by atoms with Gasteiger partial charge in [-0.2, -0.15) is 0 Å². The van der Waals surface area contributed by atoms with Gasteiger partial charge in [0.1, 0.15) is 0 Å². The third-order valence-corrected chi connectivity index (χ3v) is 3.93. The number of hydrogen-bond acceptors (Lipinski definition) is 4. The van der Waals surface area contributed by atoms with Gasteiger partial charge in [0.15, 0.2) is 0 Å². The molecule has 0 aliphatic carbocycles. The molecular weight excluding hydrogens is 314 g/mol. The molecule has 120 valence electrons. The van der Waals surface area contributed by atoms with Crippen LogP contribution in [-0.4, -0.2) is 47.1 Å². The molecule has 0 unspecified atom stereocenters. The Morgan fingerprint density at radius 3 is 2.70 bits per heavy atom. The summed E-state index contributed by atoms with van der Waals surface area (Å²) in [4.78, 5) is 24.9. The Labute approximate surface area is 140 Å². The van der Waals surface area contributed by atoms with Crippen molar-refractivity contribution < 1.29 is 4.79 Å². The van der Waals surface area contributed by atoms with Crippen molar-refractivity contribution in [2.24, 2.45) is 0 Å². The summed E-state index contributed by atoms with van der Waals surface area (Å²) in [6.07, 6.45) is 4.34. The third kappa shape index (κ3) is 4.10. The second-order valence-electron chi connectivity index (χ2n) is 5.32. The van der Waals surface area contributed by atoms with Crippen LogP contribution in [0, 0.1) is 0 Å². The molecule has 23 heavy (non-hydrogen) atoms. The van der Waals surface area contributed by atoms with E-state index in [0.29, 0.717) is 36.3 Å². The number of hydrogen-bond donors (Lipinski definition) is 1. The monoisotopic (exact) mass is 331 g/mol. The Hall–Kier alpha value is -2.34. The van der Waals surface area contributed by atoms with Crippen LogP contribution in [0.1, 0.15) is 6.42 Å². The lowest BCUT2D eigenvalue weighted by molar-refractivity contribution is 0.215. The van der Waals surface area contributed by atoms with Crippen molar-refractivity contribution in [2.45, 2.75) is 6.42 Å². The highest BCUT2D eigenvalue weighted by atomic mass is 35.5. The van der Waals surface area contributed by atoms with Crippen LogP contribution >= 0.6 is 11.6 Å². The van der Waals surface area contributed by atoms with Gasteiger partial charge in [-0.15, -0.1) is 0 Å². The van der Waals surface area contributed by atoms with Gasteiger partial charge in [0.2, 0.25) is 5.95 Å². The van der Waals surface area contributed by atoms with E-state index < -0.39 is 0 Å². The fourth-order valence-electron chi connectivity index (χ4n) is 2.54. The van der Waals surface area contributed by atoms with E-state index in [9.17, 15) is 4.79 Å². The number of aromatic nitrogens is 2. The lowest BCUT2D eigenvalue weighted by atomic mass is 10.3. The number of rotatable bonds is 2. The Kier molecular flexibility index (Phi) is 4.92. The van der Waals surface area contributed by atoms with Gasteiger partial charge in [-0.05, 0) is 30.7 Å². The SMILES string of the molecule is O=C(Nc1cccc(Cl)c1)N1CCCN(c2ncccn2)CC1. The Morgan fingerprint density at radius 2 is 1.91 bits per heavy atom. The number of nitrogens with zero attached hydrogens (tertiary/aromatic N) is 4. The summed E-state index contributed by atoms with van der Waals surface area (Å²) in [5.74, 6) is 0.713. The quantitative estimate of drug-likeness (QED) is 0.919. The predicted octanol–water partition coefficient (Wildman–Crippen LogP) is 2.87. The van der Waals surface area contributed by atoms with Crippen LogP contribution in [0.3, 0.4) is 0 Å². The van der Waals surface area contributed by atoms with Crippen molar-refractivity contribution in [3.63, 3.8) is 0 Å². The molecule has 1 aromatic carbocycles. The molecule has 0 atom stereocenters. The largest absolute Gasteiger partial charge is 0.339 e. The Morgan fingerprint density at radius 1 is 1.09 bits per heavy atom. The second kappa shape index (κ2) is 7.28. The second-order valence-corrected chi connectivity index (χ2v) is 5.75. The minimum Gasteiger partial charge on any atom is -0.339 e. The van der Waals surface area contributed by atoms with Crippen LogP contribution in [0.5, 0.6) is 0 Å². The molecule has 0 radical (unpaired) electrons. The fraction of sp³-hybridized carbons (Fsp3) is 0.312. The zero-order valence-electron chi connectivity index (χ0n) is 12.7. The molecule has 0 saturated carbocycles. The minimum absolute atomic E-state index is 0.108. The summed E-state index contributed by atoms with van der Waals surface area (Å²) >= 11 is 5.94. The Balaban J connectivity index is 1.60. The van der Waals surface area contributed by atoms with Gasteiger partial charge in [0.25, 0.3) is 0 Å². The zero-order chi connectivity index (χ0) is 16.1. The summed E-state index contributed by atoms with van der Waals surface area (Å²) in [5.41, 5.74) is 0.704. The van der Waals surface area contributed by atoms with E-state index in [1.54, 1.807) is 30.6 Å². The number of amides is 2. The van der Waals surface area contributed by atoms with Crippen molar-refractivity contribution in [3.05, 3.63) is 47.7 Å². The first kappa shape index (κ1) is 15.6. The van der Waals surface area contributed by atoms with Gasteiger partial charge in [-0.1, -0.05) is 17.7 Å². The maximum atomic E-state index is 12.4. The summed E-state index contributed by atoms with van der Waals surface area (Å²) in [6.45, 7) is 2.89. The van der Waals surface area contributed by atoms with E-state index in [2.05, 4.69) is 20.2 Å². The van der Waals surface area contributed by atoms with Gasteiger partial charge < -0.3 is 15.1 Å². The number of benzene rings is 1. The molecule has 1 saturated heterocycles. The highest BCUT2D eigenvalue weighted by Gasteiger charge is 2.20. The molecule has 1 aliphatic rings. The summed E-state index contributed by atoms with van der Waals surface area (Å²) in [5, 5.41) is 3.49. The lowest BCUT2D eigenvalue weighted by Crippen LogP contribution is -2.38. The molecular formula is C16H18ClN5O. The number of halogens is 1. The first-order chi connectivity index (χ1) is 11.2. The molecule has 1 fully saturated rings. The van der Waals surface area contributed by atoms with E-state index >= 15 is 0 Å². The number of nitrogens with one attached hydrogen (secondary N) is 1. The number of anilines is 2. The van der Waals surface area contributed by atoms with E-state index in [0.717, 1.165) is 13.0 Å². The zero-order valence-corrected chi connectivity index (χ0v) is 13.4. The summed E-state index contributed by atoms with van der Waals surface area (Å²) in [6, 6.07) is 8.85. The van der Waals surface area contributed by atoms with Gasteiger partial charge in [-0.3, -0.25) is 0 Å². The standard InChI is InChI=1S/C16H18ClN5O/c17-13-4-1-5-14(12-13)20-16(23)22-9-3-8-21(10-11-22)15-18-6-2-7-19-15/h1-2,4-7,12H,3,8-11H2,(H,20,23). The predicted molar refractivity (Wildman–Crippen MR) is 90.9 cm³/mol. The molecule has 0 spiro atoms. The average Bonchev–Trinajstić information content (AvgIpc) is 2.82. The van der Waals surface area contributed by atoms with Gasteiger partial charge in [-0.25, -0.2) is 14.8 Å². The molecule has 2 heterocycles. The molecule has 3 rings (SSSR count). The topological polar surface area (TPSA) is 61.4 Å². The van der Waals surface area contributed by atoms with Crippen LogP contribution in [0.15, 0.2) is 42.7 Å². The maximum Gasteiger partial charge on any atom is 0.321 e. The van der Waals surface area contributed by atoms with Crippen LogP contribution in [0.25, 0.3) is 0 Å². The number of carbonyl (C=O) groups is 1. The average molecular weight is 332 g/mol. The highest BCUT2D eigenvalue weighted by molar-refractivity contribution is 6.30. The van der Waals surface area contributed by atoms with Crippen LogP contribution in [0.4, 0.5) is 16.4 Å². The van der Waals surface area contributed by atoms with Crippen LogP contribution < -0.4 is 10.2 Å². The van der Waals surface area contributed by atoms with E-state index in [1.165, 1.54) is 0 Å².